The van der Waals surface area contributed by atoms with Gasteiger partial charge in [0, 0.05) is 21.2 Å². The van der Waals surface area contributed by atoms with Gasteiger partial charge in [0.1, 0.15) is 18.1 Å². The summed E-state index contributed by atoms with van der Waals surface area (Å²) in [5.41, 5.74) is 3.18. The first kappa shape index (κ1) is 33.3. The first-order valence-corrected chi connectivity index (χ1v) is 16.2. The van der Waals surface area contributed by atoms with E-state index in [0.717, 1.165) is 10.5 Å². The Morgan fingerprint density at radius 2 is 1.43 bits per heavy atom. The molecule has 0 aliphatic carbocycles. The maximum Gasteiger partial charge on any atom is 0.272 e. The molecule has 0 fully saturated rings. The summed E-state index contributed by atoms with van der Waals surface area (Å²) in [6.45, 7) is 0.430. The van der Waals surface area contributed by atoms with E-state index in [1.165, 1.54) is 11.8 Å². The van der Waals surface area contributed by atoms with Gasteiger partial charge in [-0.05, 0) is 83.9 Å². The van der Waals surface area contributed by atoms with Crippen molar-refractivity contribution in [3.05, 3.63) is 160 Å². The Kier molecular flexibility index (Phi) is 11.7. The number of halogens is 2. The summed E-state index contributed by atoms with van der Waals surface area (Å²) in [6, 6.07) is 37.6. The van der Waals surface area contributed by atoms with E-state index in [0.29, 0.717) is 44.9 Å². The van der Waals surface area contributed by atoms with Gasteiger partial charge >= 0.3 is 0 Å². The lowest BCUT2D eigenvalue weighted by molar-refractivity contribution is -0.114. The van der Waals surface area contributed by atoms with Crippen LogP contribution in [0.4, 0.5) is 11.4 Å². The monoisotopic (exact) mass is 681 g/mol. The average Bonchev–Trinajstić information content (AvgIpc) is 3.09. The number of hydrogen-bond acceptors (Lipinski definition) is 5. The zero-order valence-corrected chi connectivity index (χ0v) is 27.2. The fourth-order valence-electron chi connectivity index (χ4n) is 4.27. The van der Waals surface area contributed by atoms with Gasteiger partial charge in [-0.2, -0.15) is 0 Å². The summed E-state index contributed by atoms with van der Waals surface area (Å²) in [4.78, 5) is 39.7. The van der Waals surface area contributed by atoms with Gasteiger partial charge in [-0.25, -0.2) is 0 Å². The molecule has 0 heterocycles. The Hall–Kier alpha value is -5.02. The molecule has 0 aromatic heterocycles. The van der Waals surface area contributed by atoms with E-state index in [-0.39, 0.29) is 17.4 Å². The molecule has 47 heavy (non-hydrogen) atoms. The lowest BCUT2D eigenvalue weighted by Gasteiger charge is -2.12. The Morgan fingerprint density at radius 1 is 0.745 bits per heavy atom. The molecule has 7 nitrogen and oxygen atoms in total. The molecule has 0 spiro atoms. The maximum absolute atomic E-state index is 13.4. The minimum atomic E-state index is -0.503. The fraction of sp³-hybridized carbons (Fsp3) is 0.0541. The normalized spacial score (nSPS) is 11.0. The topological polar surface area (TPSA) is 96.5 Å². The van der Waals surface area contributed by atoms with Crippen molar-refractivity contribution in [1.82, 2.24) is 5.32 Å². The van der Waals surface area contributed by atoms with Crippen LogP contribution in [0.3, 0.4) is 0 Å². The molecular weight excluding hydrogens is 653 g/mol. The van der Waals surface area contributed by atoms with Crippen LogP contribution in [-0.2, 0) is 16.2 Å². The van der Waals surface area contributed by atoms with E-state index in [4.69, 9.17) is 27.9 Å². The van der Waals surface area contributed by atoms with Crippen LogP contribution in [-0.4, -0.2) is 23.5 Å². The smallest absolute Gasteiger partial charge is 0.272 e. The number of hydrogen-bond donors (Lipinski definition) is 3. The molecule has 0 unspecified atom stereocenters. The molecule has 5 aromatic rings. The van der Waals surface area contributed by atoms with Crippen molar-refractivity contribution in [3.63, 3.8) is 0 Å². The van der Waals surface area contributed by atoms with Crippen molar-refractivity contribution >= 4 is 70.1 Å². The zero-order chi connectivity index (χ0) is 33.0. The van der Waals surface area contributed by atoms with Gasteiger partial charge in [0.05, 0.1) is 16.5 Å². The predicted octanol–water partition coefficient (Wildman–Crippen LogP) is 8.71. The van der Waals surface area contributed by atoms with Gasteiger partial charge in [-0.3, -0.25) is 14.4 Å². The van der Waals surface area contributed by atoms with Crippen LogP contribution in [0.5, 0.6) is 5.75 Å². The first-order chi connectivity index (χ1) is 22.8. The summed E-state index contributed by atoms with van der Waals surface area (Å²) in [7, 11) is 0. The van der Waals surface area contributed by atoms with Crippen LogP contribution in [0.2, 0.25) is 10.0 Å². The van der Waals surface area contributed by atoms with Crippen LogP contribution in [0.15, 0.2) is 138 Å². The van der Waals surface area contributed by atoms with Crippen LogP contribution in [0.1, 0.15) is 21.5 Å². The molecule has 0 atom stereocenters. The lowest BCUT2D eigenvalue weighted by Crippen LogP contribution is -2.30. The molecule has 0 saturated carbocycles. The third-order valence-corrected chi connectivity index (χ3v) is 8.23. The molecular formula is C37H29Cl2N3O4S. The number of benzene rings is 5. The second kappa shape index (κ2) is 16.5. The minimum absolute atomic E-state index is 0.0617. The predicted molar refractivity (Wildman–Crippen MR) is 190 cm³/mol. The largest absolute Gasteiger partial charge is 0.489 e. The standard InChI is InChI=1S/C37H29Cl2N3O4S/c38-28-13-20-32(39)33(22-28)41-35(43)24-47-31-18-14-29(15-19-31)40-37(45)34(42-36(44)27-9-5-2-6-10-27)21-25-11-16-30(17-12-25)46-23-26-7-3-1-4-8-26/h1-22H,23-24H2,(H,40,45)(H,41,43)(H,42,44)/b34-21-. The number of thioether (sulfide) groups is 1. The Morgan fingerprint density at radius 3 is 2.13 bits per heavy atom. The second-order valence-electron chi connectivity index (χ2n) is 10.2. The number of amides is 3. The molecule has 0 bridgehead atoms. The molecule has 3 N–H and O–H groups in total. The number of rotatable bonds is 12. The number of nitrogens with one attached hydrogen (secondary N) is 3. The highest BCUT2D eigenvalue weighted by Crippen LogP contribution is 2.27. The third kappa shape index (κ3) is 10.2. The molecule has 0 aliphatic rings. The summed E-state index contributed by atoms with van der Waals surface area (Å²) < 4.78 is 5.87. The quantitative estimate of drug-likeness (QED) is 0.0904. The van der Waals surface area contributed by atoms with Crippen molar-refractivity contribution in [2.75, 3.05) is 16.4 Å². The molecule has 0 aliphatic heterocycles. The van der Waals surface area contributed by atoms with Crippen LogP contribution >= 0.6 is 35.0 Å². The van der Waals surface area contributed by atoms with Gasteiger partial charge in [-0.15, -0.1) is 11.8 Å². The van der Waals surface area contributed by atoms with Crippen molar-refractivity contribution in [2.24, 2.45) is 0 Å². The molecule has 0 radical (unpaired) electrons. The molecule has 10 heteroatoms. The van der Waals surface area contributed by atoms with Gasteiger partial charge in [0.25, 0.3) is 11.8 Å². The number of anilines is 2. The summed E-state index contributed by atoms with van der Waals surface area (Å²) in [5, 5.41) is 9.21. The van der Waals surface area contributed by atoms with Crippen LogP contribution in [0, 0.1) is 0 Å². The highest BCUT2D eigenvalue weighted by Gasteiger charge is 2.16. The summed E-state index contributed by atoms with van der Waals surface area (Å²) >= 11 is 13.5. The molecule has 0 saturated heterocycles. The van der Waals surface area contributed by atoms with Crippen molar-refractivity contribution in [1.29, 1.82) is 0 Å². The van der Waals surface area contributed by atoms with Crippen molar-refractivity contribution < 1.29 is 19.1 Å². The lowest BCUT2D eigenvalue weighted by atomic mass is 10.1. The summed E-state index contributed by atoms with van der Waals surface area (Å²) in [5.74, 6) is -0.343. The highest BCUT2D eigenvalue weighted by molar-refractivity contribution is 8.00. The number of ether oxygens (including phenoxy) is 1. The van der Waals surface area contributed by atoms with Gasteiger partial charge in [0.2, 0.25) is 5.91 Å². The Labute approximate surface area is 287 Å². The number of carbonyl (C=O) groups is 3. The molecule has 236 valence electrons. The molecule has 5 aromatic carbocycles. The Bertz CT molecular complexity index is 1870. The van der Waals surface area contributed by atoms with Gasteiger partial charge in [-0.1, -0.05) is 83.9 Å². The summed E-state index contributed by atoms with van der Waals surface area (Å²) in [6.07, 6.45) is 1.60. The van der Waals surface area contributed by atoms with E-state index in [1.807, 2.05) is 60.7 Å². The second-order valence-corrected chi connectivity index (χ2v) is 12.1. The SMILES string of the molecule is O=C(CSc1ccc(NC(=O)/C(=C/c2ccc(OCc3ccccc3)cc2)NC(=O)c2ccccc2)cc1)Nc1cc(Cl)ccc1Cl. The first-order valence-electron chi connectivity index (χ1n) is 14.5. The maximum atomic E-state index is 13.4. The van der Waals surface area contributed by atoms with E-state index in [9.17, 15) is 14.4 Å². The highest BCUT2D eigenvalue weighted by atomic mass is 35.5. The van der Waals surface area contributed by atoms with E-state index in [2.05, 4.69) is 16.0 Å². The van der Waals surface area contributed by atoms with Gasteiger partial charge in [0.15, 0.2) is 0 Å². The van der Waals surface area contributed by atoms with E-state index >= 15 is 0 Å². The third-order valence-electron chi connectivity index (χ3n) is 6.65. The average molecular weight is 683 g/mol. The van der Waals surface area contributed by atoms with Crippen molar-refractivity contribution in [3.8, 4) is 5.75 Å². The van der Waals surface area contributed by atoms with Gasteiger partial charge < -0.3 is 20.7 Å². The zero-order valence-electron chi connectivity index (χ0n) is 24.9. The van der Waals surface area contributed by atoms with E-state index in [1.54, 1.807) is 72.8 Å². The van der Waals surface area contributed by atoms with Crippen molar-refractivity contribution in [2.45, 2.75) is 11.5 Å². The molecule has 3 amide bonds. The van der Waals surface area contributed by atoms with E-state index < -0.39 is 11.8 Å². The Balaban J connectivity index is 1.23. The fourth-order valence-corrected chi connectivity index (χ4v) is 5.31. The van der Waals surface area contributed by atoms with Crippen LogP contribution in [0.25, 0.3) is 6.08 Å². The number of carbonyl (C=O) groups excluding carboxylic acids is 3. The molecule has 5 rings (SSSR count). The minimum Gasteiger partial charge on any atom is -0.489 e. The van der Waals surface area contributed by atoms with Crippen LogP contribution < -0.4 is 20.7 Å².